The Morgan fingerprint density at radius 1 is 1.69 bits per heavy atom. The highest BCUT2D eigenvalue weighted by molar-refractivity contribution is 8.00. The van der Waals surface area contributed by atoms with Gasteiger partial charge in [-0.1, -0.05) is 11.8 Å². The Bertz CT molecular complexity index is 316. The summed E-state index contributed by atoms with van der Waals surface area (Å²) < 4.78 is 4.97. The van der Waals surface area contributed by atoms with Crippen LogP contribution in [0.15, 0.2) is 10.7 Å². The van der Waals surface area contributed by atoms with Crippen LogP contribution in [0, 0.1) is 0 Å². The van der Waals surface area contributed by atoms with Gasteiger partial charge >= 0.3 is 0 Å². The van der Waals surface area contributed by atoms with Gasteiger partial charge in [-0.15, -0.1) is 0 Å². The van der Waals surface area contributed by atoms with Crippen molar-refractivity contribution < 1.29 is 5.11 Å². The lowest BCUT2D eigenvalue weighted by molar-refractivity contribution is 0.169. The first-order chi connectivity index (χ1) is 7.72. The van der Waals surface area contributed by atoms with E-state index in [0.29, 0.717) is 6.04 Å². The Morgan fingerprint density at radius 3 is 3.06 bits per heavy atom. The van der Waals surface area contributed by atoms with Crippen molar-refractivity contribution in [2.24, 2.45) is 0 Å². The van der Waals surface area contributed by atoms with Gasteiger partial charge in [0, 0.05) is 17.3 Å². The van der Waals surface area contributed by atoms with Crippen LogP contribution in [-0.4, -0.2) is 38.4 Å². The normalized spacial score (nSPS) is 19.6. The van der Waals surface area contributed by atoms with Crippen LogP contribution in [0.5, 0.6) is 0 Å². The van der Waals surface area contributed by atoms with Gasteiger partial charge in [0.15, 0.2) is 4.34 Å². The van der Waals surface area contributed by atoms with E-state index in [9.17, 15) is 5.11 Å². The summed E-state index contributed by atoms with van der Waals surface area (Å²) in [5.41, 5.74) is -0.140. The van der Waals surface area contributed by atoms with Gasteiger partial charge in [-0.25, -0.2) is 4.98 Å². The molecule has 4 nitrogen and oxygen atoms in total. The minimum atomic E-state index is -0.140. The smallest absolute Gasteiger partial charge is 0.169 e. The molecule has 1 heterocycles. The van der Waals surface area contributed by atoms with E-state index >= 15 is 0 Å². The number of hydrogen-bond acceptors (Lipinski definition) is 6. The molecule has 1 aromatic heterocycles. The van der Waals surface area contributed by atoms with Crippen LogP contribution in [0.25, 0.3) is 0 Å². The second-order valence-corrected chi connectivity index (χ2v) is 6.57. The van der Waals surface area contributed by atoms with Crippen molar-refractivity contribution in [1.29, 1.82) is 0 Å². The lowest BCUT2D eigenvalue weighted by Gasteiger charge is -2.28. The van der Waals surface area contributed by atoms with Gasteiger partial charge in [-0.05, 0) is 37.7 Å². The summed E-state index contributed by atoms with van der Waals surface area (Å²) in [7, 11) is 0. The average Bonchev–Trinajstić information content (AvgIpc) is 2.92. The van der Waals surface area contributed by atoms with E-state index in [2.05, 4.69) is 21.6 Å². The highest BCUT2D eigenvalue weighted by atomic mass is 32.2. The highest BCUT2D eigenvalue weighted by Crippen LogP contribution is 2.26. The lowest BCUT2D eigenvalue weighted by Crippen LogP contribution is -2.47. The molecule has 0 saturated heterocycles. The van der Waals surface area contributed by atoms with Crippen LogP contribution >= 0.6 is 23.3 Å². The van der Waals surface area contributed by atoms with E-state index < -0.39 is 0 Å². The zero-order valence-corrected chi connectivity index (χ0v) is 11.0. The molecule has 90 valence electrons. The molecule has 0 aliphatic heterocycles. The number of thioether (sulfide) groups is 1. The maximum absolute atomic E-state index is 9.42. The van der Waals surface area contributed by atoms with Crippen molar-refractivity contribution >= 4 is 23.3 Å². The van der Waals surface area contributed by atoms with Crippen molar-refractivity contribution in [3.63, 3.8) is 0 Å². The number of aromatic nitrogens is 2. The molecule has 2 rings (SSSR count). The molecule has 6 heteroatoms. The predicted molar refractivity (Wildman–Crippen MR) is 66.9 cm³/mol. The van der Waals surface area contributed by atoms with Crippen LogP contribution in [0.4, 0.5) is 0 Å². The summed E-state index contributed by atoms with van der Waals surface area (Å²) in [6.07, 6.45) is 5.03. The Balaban J connectivity index is 1.73. The van der Waals surface area contributed by atoms with E-state index in [1.807, 2.05) is 0 Å². The van der Waals surface area contributed by atoms with Crippen LogP contribution in [-0.2, 0) is 0 Å². The van der Waals surface area contributed by atoms with Gasteiger partial charge in [0.05, 0.1) is 6.61 Å². The predicted octanol–water partition coefficient (Wildman–Crippen LogP) is 1.52. The van der Waals surface area contributed by atoms with Crippen LogP contribution in [0.3, 0.4) is 0 Å². The number of hydrogen-bond donors (Lipinski definition) is 2. The Morgan fingerprint density at radius 2 is 2.50 bits per heavy atom. The standard InChI is InChI=1S/C10H17N3OS2/c1-10(6-14,13-8-2-3-8)4-5-15-9-11-7-12-16-9/h7-8,13-14H,2-6H2,1H3. The molecular formula is C10H17N3OS2. The van der Waals surface area contributed by atoms with Gasteiger partial charge < -0.3 is 10.4 Å². The van der Waals surface area contributed by atoms with Crippen molar-refractivity contribution in [3.05, 3.63) is 6.33 Å². The van der Waals surface area contributed by atoms with E-state index in [1.54, 1.807) is 18.1 Å². The summed E-state index contributed by atoms with van der Waals surface area (Å²) in [4.78, 5) is 4.12. The van der Waals surface area contributed by atoms with Gasteiger partial charge in [-0.2, -0.15) is 4.37 Å². The third-order valence-corrected chi connectivity index (χ3v) is 4.50. The molecule has 1 fully saturated rings. The molecule has 2 N–H and O–H groups in total. The molecular weight excluding hydrogens is 242 g/mol. The zero-order chi connectivity index (χ0) is 11.4. The number of rotatable bonds is 7. The fraction of sp³-hybridized carbons (Fsp3) is 0.800. The molecule has 0 bridgehead atoms. The van der Waals surface area contributed by atoms with Gasteiger partial charge in [0.1, 0.15) is 6.33 Å². The molecule has 1 atom stereocenters. The van der Waals surface area contributed by atoms with Crippen LogP contribution < -0.4 is 5.32 Å². The molecule has 1 aromatic rings. The molecule has 0 radical (unpaired) electrons. The fourth-order valence-corrected chi connectivity index (χ4v) is 3.23. The summed E-state index contributed by atoms with van der Waals surface area (Å²) in [6, 6.07) is 0.628. The van der Waals surface area contributed by atoms with Crippen molar-refractivity contribution in [3.8, 4) is 0 Å². The molecule has 0 aromatic carbocycles. The third kappa shape index (κ3) is 3.69. The Kier molecular flexibility index (Phi) is 4.18. The number of aliphatic hydroxyl groups is 1. The van der Waals surface area contributed by atoms with Crippen molar-refractivity contribution in [2.45, 2.75) is 42.1 Å². The first kappa shape index (κ1) is 12.3. The fourth-order valence-electron chi connectivity index (χ4n) is 1.51. The van der Waals surface area contributed by atoms with Gasteiger partial charge in [0.2, 0.25) is 0 Å². The molecule has 1 saturated carbocycles. The minimum absolute atomic E-state index is 0.140. The maximum Gasteiger partial charge on any atom is 0.169 e. The second-order valence-electron chi connectivity index (χ2n) is 4.44. The quantitative estimate of drug-likeness (QED) is 0.727. The topological polar surface area (TPSA) is 58.0 Å². The average molecular weight is 259 g/mol. The van der Waals surface area contributed by atoms with E-state index in [-0.39, 0.29) is 12.1 Å². The molecule has 1 aliphatic carbocycles. The molecule has 1 aliphatic rings. The SMILES string of the molecule is CC(CO)(CCSc1ncns1)NC1CC1. The Labute approximate surface area is 104 Å². The summed E-state index contributed by atoms with van der Waals surface area (Å²) in [5, 5.41) is 12.9. The van der Waals surface area contributed by atoms with E-state index in [0.717, 1.165) is 16.5 Å². The first-order valence-corrected chi connectivity index (χ1v) is 7.26. The summed E-state index contributed by atoms with van der Waals surface area (Å²) in [6.45, 7) is 2.28. The van der Waals surface area contributed by atoms with E-state index in [4.69, 9.17) is 0 Å². The second kappa shape index (κ2) is 5.44. The van der Waals surface area contributed by atoms with Crippen LogP contribution in [0.2, 0.25) is 0 Å². The lowest BCUT2D eigenvalue weighted by atomic mass is 10.0. The van der Waals surface area contributed by atoms with Crippen LogP contribution in [0.1, 0.15) is 26.2 Å². The highest BCUT2D eigenvalue weighted by Gasteiger charge is 2.31. The largest absolute Gasteiger partial charge is 0.394 e. The number of aliphatic hydroxyl groups excluding tert-OH is 1. The van der Waals surface area contributed by atoms with Crippen molar-refractivity contribution in [1.82, 2.24) is 14.7 Å². The summed E-state index contributed by atoms with van der Waals surface area (Å²) in [5.74, 6) is 0.964. The molecule has 0 spiro atoms. The third-order valence-electron chi connectivity index (χ3n) is 2.70. The van der Waals surface area contributed by atoms with Gasteiger partial charge in [0.25, 0.3) is 0 Å². The molecule has 0 amide bonds. The zero-order valence-electron chi connectivity index (χ0n) is 9.35. The number of nitrogens with zero attached hydrogens (tertiary/aromatic N) is 2. The Hall–Kier alpha value is -0.170. The monoisotopic (exact) mass is 259 g/mol. The van der Waals surface area contributed by atoms with Gasteiger partial charge in [-0.3, -0.25) is 0 Å². The van der Waals surface area contributed by atoms with Crippen molar-refractivity contribution in [2.75, 3.05) is 12.4 Å². The maximum atomic E-state index is 9.42. The molecule has 1 unspecified atom stereocenters. The minimum Gasteiger partial charge on any atom is -0.394 e. The first-order valence-electron chi connectivity index (χ1n) is 5.50. The van der Waals surface area contributed by atoms with E-state index in [1.165, 1.54) is 24.4 Å². The molecule has 16 heavy (non-hydrogen) atoms. The number of nitrogens with one attached hydrogen (secondary N) is 1. The summed E-state index contributed by atoms with van der Waals surface area (Å²) >= 11 is 3.14.